The average molecular weight is 392 g/mol. The third-order valence-corrected chi connectivity index (χ3v) is 4.78. The van der Waals surface area contributed by atoms with Gasteiger partial charge in [-0.2, -0.15) is 0 Å². The summed E-state index contributed by atoms with van der Waals surface area (Å²) in [6.07, 6.45) is 2.23. The molecule has 25 heavy (non-hydrogen) atoms. The summed E-state index contributed by atoms with van der Waals surface area (Å²) < 4.78 is 5.46. The first-order valence-electron chi connectivity index (χ1n) is 8.61. The SMILES string of the molecule is CCC(CC)C(CNC(=O)c1ccccc1N)N1CCOCC1.Cl.Cl. The number of para-hydroxylation sites is 1. The van der Waals surface area contributed by atoms with Gasteiger partial charge in [-0.1, -0.05) is 38.8 Å². The van der Waals surface area contributed by atoms with Gasteiger partial charge < -0.3 is 15.8 Å². The van der Waals surface area contributed by atoms with Crippen molar-refractivity contribution in [3.63, 3.8) is 0 Å². The monoisotopic (exact) mass is 391 g/mol. The van der Waals surface area contributed by atoms with Crippen LogP contribution in [0.5, 0.6) is 0 Å². The fourth-order valence-corrected chi connectivity index (χ4v) is 3.33. The molecule has 144 valence electrons. The first kappa shape index (κ1) is 24.0. The van der Waals surface area contributed by atoms with Crippen molar-refractivity contribution in [3.8, 4) is 0 Å². The highest BCUT2D eigenvalue weighted by molar-refractivity contribution is 5.99. The van der Waals surface area contributed by atoms with Gasteiger partial charge in [-0.3, -0.25) is 9.69 Å². The highest BCUT2D eigenvalue weighted by Crippen LogP contribution is 2.20. The highest BCUT2D eigenvalue weighted by atomic mass is 35.5. The van der Waals surface area contributed by atoms with E-state index < -0.39 is 0 Å². The molecule has 5 nitrogen and oxygen atoms in total. The Morgan fingerprint density at radius 3 is 2.36 bits per heavy atom. The minimum absolute atomic E-state index is 0. The second-order valence-electron chi connectivity index (χ2n) is 6.09. The van der Waals surface area contributed by atoms with Gasteiger partial charge >= 0.3 is 0 Å². The Kier molecular flexibility index (Phi) is 11.9. The summed E-state index contributed by atoms with van der Waals surface area (Å²) in [5, 5.41) is 3.08. The number of morpholine rings is 1. The molecule has 1 aromatic carbocycles. The van der Waals surface area contributed by atoms with Crippen LogP contribution in [-0.4, -0.2) is 49.7 Å². The molecule has 0 saturated carbocycles. The number of anilines is 1. The van der Waals surface area contributed by atoms with Crippen LogP contribution in [-0.2, 0) is 4.74 Å². The van der Waals surface area contributed by atoms with Crippen LogP contribution >= 0.6 is 24.8 Å². The van der Waals surface area contributed by atoms with E-state index in [9.17, 15) is 4.79 Å². The molecule has 1 atom stereocenters. The standard InChI is InChI=1S/C18H29N3O2.2ClH/c1-3-14(4-2)17(21-9-11-23-12-10-21)13-20-18(22)15-7-5-6-8-16(15)19;;/h5-8,14,17H,3-4,9-13,19H2,1-2H3,(H,20,22);2*1H. The van der Waals surface area contributed by atoms with Crippen LogP contribution in [0.15, 0.2) is 24.3 Å². The Morgan fingerprint density at radius 2 is 1.80 bits per heavy atom. The summed E-state index contributed by atoms with van der Waals surface area (Å²) in [5.74, 6) is 0.480. The summed E-state index contributed by atoms with van der Waals surface area (Å²) >= 11 is 0. The molecule has 1 amide bonds. The number of hydrogen-bond acceptors (Lipinski definition) is 4. The zero-order valence-corrected chi connectivity index (χ0v) is 16.7. The Hall–Kier alpha value is -1.01. The predicted octanol–water partition coefficient (Wildman–Crippen LogP) is 2.98. The Labute approximate surface area is 163 Å². The number of hydrogen-bond donors (Lipinski definition) is 2. The molecule has 0 aliphatic carbocycles. The largest absolute Gasteiger partial charge is 0.398 e. The molecular weight excluding hydrogens is 361 g/mol. The van der Waals surface area contributed by atoms with E-state index in [0.717, 1.165) is 39.1 Å². The smallest absolute Gasteiger partial charge is 0.253 e. The quantitative estimate of drug-likeness (QED) is 0.700. The van der Waals surface area contributed by atoms with Gasteiger partial charge in [0.2, 0.25) is 0 Å². The predicted molar refractivity (Wildman–Crippen MR) is 108 cm³/mol. The van der Waals surface area contributed by atoms with Crippen molar-refractivity contribution in [3.05, 3.63) is 29.8 Å². The maximum Gasteiger partial charge on any atom is 0.253 e. The van der Waals surface area contributed by atoms with Gasteiger partial charge in [-0.05, 0) is 18.1 Å². The van der Waals surface area contributed by atoms with Crippen LogP contribution in [0, 0.1) is 5.92 Å². The van der Waals surface area contributed by atoms with Crippen molar-refractivity contribution in [2.75, 3.05) is 38.6 Å². The summed E-state index contributed by atoms with van der Waals surface area (Å²) in [4.78, 5) is 14.9. The molecule has 1 unspecified atom stereocenters. The number of rotatable bonds is 7. The lowest BCUT2D eigenvalue weighted by Gasteiger charge is -2.38. The summed E-state index contributed by atoms with van der Waals surface area (Å²) in [6, 6.07) is 7.56. The highest BCUT2D eigenvalue weighted by Gasteiger charge is 2.27. The molecule has 1 aliphatic heterocycles. The van der Waals surface area contributed by atoms with E-state index in [2.05, 4.69) is 24.1 Å². The van der Waals surface area contributed by atoms with Crippen LogP contribution in [0.1, 0.15) is 37.0 Å². The third-order valence-electron chi connectivity index (χ3n) is 4.78. The lowest BCUT2D eigenvalue weighted by atomic mass is 9.92. The number of nitrogens with two attached hydrogens (primary N) is 1. The zero-order chi connectivity index (χ0) is 16.7. The molecule has 0 aromatic heterocycles. The van der Waals surface area contributed by atoms with Crippen molar-refractivity contribution in [1.29, 1.82) is 0 Å². The van der Waals surface area contributed by atoms with Gasteiger partial charge in [-0.15, -0.1) is 24.8 Å². The zero-order valence-electron chi connectivity index (χ0n) is 15.1. The molecule has 1 saturated heterocycles. The normalized spacial score (nSPS) is 15.8. The molecule has 7 heteroatoms. The molecule has 0 radical (unpaired) electrons. The van der Waals surface area contributed by atoms with E-state index in [0.29, 0.717) is 29.8 Å². The van der Waals surface area contributed by atoms with Crippen LogP contribution in [0.25, 0.3) is 0 Å². The van der Waals surface area contributed by atoms with Crippen LogP contribution in [0.2, 0.25) is 0 Å². The number of nitrogen functional groups attached to an aromatic ring is 1. The van der Waals surface area contributed by atoms with E-state index in [4.69, 9.17) is 10.5 Å². The van der Waals surface area contributed by atoms with Crippen molar-refractivity contribution < 1.29 is 9.53 Å². The van der Waals surface area contributed by atoms with E-state index in [1.54, 1.807) is 12.1 Å². The molecule has 1 aliphatic rings. The summed E-state index contributed by atoms with van der Waals surface area (Å²) in [5.41, 5.74) is 6.97. The minimum atomic E-state index is -0.0904. The molecular formula is C18H31Cl2N3O2. The van der Waals surface area contributed by atoms with Crippen LogP contribution in [0.4, 0.5) is 5.69 Å². The molecule has 0 spiro atoms. The Balaban J connectivity index is 0.00000288. The number of carbonyl (C=O) groups is 1. The van der Waals surface area contributed by atoms with Gasteiger partial charge in [0.1, 0.15) is 0 Å². The van der Waals surface area contributed by atoms with Crippen molar-refractivity contribution >= 4 is 36.4 Å². The fourth-order valence-electron chi connectivity index (χ4n) is 3.33. The van der Waals surface area contributed by atoms with E-state index in [1.807, 2.05) is 12.1 Å². The van der Waals surface area contributed by atoms with Gasteiger partial charge in [0.25, 0.3) is 5.91 Å². The first-order chi connectivity index (χ1) is 11.2. The lowest BCUT2D eigenvalue weighted by Crippen LogP contribution is -2.52. The van der Waals surface area contributed by atoms with Gasteiger partial charge in [0.15, 0.2) is 0 Å². The number of nitrogens with zero attached hydrogens (tertiary/aromatic N) is 1. The van der Waals surface area contributed by atoms with E-state index in [-0.39, 0.29) is 30.7 Å². The van der Waals surface area contributed by atoms with Crippen molar-refractivity contribution in [2.24, 2.45) is 5.92 Å². The summed E-state index contributed by atoms with van der Waals surface area (Å²) in [6.45, 7) is 8.51. The third kappa shape index (κ3) is 6.66. The fraction of sp³-hybridized carbons (Fsp3) is 0.611. The molecule has 1 heterocycles. The number of benzene rings is 1. The Bertz CT molecular complexity index is 507. The van der Waals surface area contributed by atoms with Crippen molar-refractivity contribution in [1.82, 2.24) is 10.2 Å². The maximum atomic E-state index is 12.4. The van der Waals surface area contributed by atoms with Gasteiger partial charge in [-0.25, -0.2) is 0 Å². The number of carbonyl (C=O) groups excluding carboxylic acids is 1. The number of amides is 1. The van der Waals surface area contributed by atoms with E-state index >= 15 is 0 Å². The lowest BCUT2D eigenvalue weighted by molar-refractivity contribution is 0.00191. The molecule has 1 aromatic rings. The second-order valence-corrected chi connectivity index (χ2v) is 6.09. The molecule has 2 rings (SSSR count). The topological polar surface area (TPSA) is 67.6 Å². The Morgan fingerprint density at radius 1 is 1.20 bits per heavy atom. The number of halogens is 2. The molecule has 1 fully saturated rings. The average Bonchev–Trinajstić information content (AvgIpc) is 2.59. The first-order valence-corrected chi connectivity index (χ1v) is 8.61. The maximum absolute atomic E-state index is 12.4. The minimum Gasteiger partial charge on any atom is -0.398 e. The van der Waals surface area contributed by atoms with Crippen LogP contribution in [0.3, 0.4) is 0 Å². The van der Waals surface area contributed by atoms with E-state index in [1.165, 1.54) is 0 Å². The van der Waals surface area contributed by atoms with Crippen molar-refractivity contribution in [2.45, 2.75) is 32.7 Å². The second kappa shape index (κ2) is 12.4. The molecule has 0 bridgehead atoms. The number of nitrogens with one attached hydrogen (secondary N) is 1. The summed E-state index contributed by atoms with van der Waals surface area (Å²) in [7, 11) is 0. The van der Waals surface area contributed by atoms with Crippen LogP contribution < -0.4 is 11.1 Å². The van der Waals surface area contributed by atoms with Gasteiger partial charge in [0.05, 0.1) is 18.8 Å². The van der Waals surface area contributed by atoms with Gasteiger partial charge in [0, 0.05) is 31.4 Å². The number of ether oxygens (including phenoxy) is 1. The molecule has 3 N–H and O–H groups in total.